The van der Waals surface area contributed by atoms with E-state index in [0.717, 1.165) is 0 Å². The zero-order chi connectivity index (χ0) is 18.4. The lowest BCUT2D eigenvalue weighted by Gasteiger charge is -2.05. The van der Waals surface area contributed by atoms with Gasteiger partial charge >= 0.3 is 6.03 Å². The molecule has 0 aliphatic heterocycles. The van der Waals surface area contributed by atoms with Crippen molar-refractivity contribution in [1.82, 2.24) is 0 Å². The van der Waals surface area contributed by atoms with E-state index in [0.29, 0.717) is 26.8 Å². The number of hydrogen-bond donors (Lipinski definition) is 3. The summed E-state index contributed by atoms with van der Waals surface area (Å²) in [7, 11) is 0. The highest BCUT2D eigenvalue weighted by Gasteiger charge is 2.11. The number of para-hydroxylation sites is 1. The number of benzene rings is 2. The second kappa shape index (κ2) is 8.01. The summed E-state index contributed by atoms with van der Waals surface area (Å²) in [6.45, 7) is 0. The maximum Gasteiger partial charge on any atom is 0.324 e. The van der Waals surface area contributed by atoms with Crippen LogP contribution in [0.25, 0.3) is 0 Å². The van der Waals surface area contributed by atoms with Crippen LogP contribution >= 0.6 is 11.3 Å². The van der Waals surface area contributed by atoms with E-state index in [1.54, 1.807) is 48.5 Å². The SMILES string of the molecule is C#Cc1cccc(NC(=O)c2ccc(NC(=O)Nc3ccccc3)s2)c1. The Morgan fingerprint density at radius 2 is 1.62 bits per heavy atom. The number of terminal acetylenes is 1. The largest absolute Gasteiger partial charge is 0.324 e. The monoisotopic (exact) mass is 361 g/mol. The Kier molecular flexibility index (Phi) is 5.32. The second-order valence-corrected chi connectivity index (χ2v) is 6.37. The molecule has 0 aliphatic carbocycles. The van der Waals surface area contributed by atoms with Gasteiger partial charge in [0.05, 0.1) is 9.88 Å². The molecule has 5 nitrogen and oxygen atoms in total. The van der Waals surface area contributed by atoms with Gasteiger partial charge in [-0.05, 0) is 42.5 Å². The van der Waals surface area contributed by atoms with Crippen LogP contribution in [0.5, 0.6) is 0 Å². The second-order valence-electron chi connectivity index (χ2n) is 5.29. The molecule has 0 unspecified atom stereocenters. The van der Waals surface area contributed by atoms with E-state index in [1.165, 1.54) is 11.3 Å². The van der Waals surface area contributed by atoms with Crippen molar-refractivity contribution >= 4 is 39.7 Å². The van der Waals surface area contributed by atoms with Gasteiger partial charge in [0.2, 0.25) is 0 Å². The molecule has 1 heterocycles. The van der Waals surface area contributed by atoms with Crippen molar-refractivity contribution in [3.63, 3.8) is 0 Å². The minimum Gasteiger partial charge on any atom is -0.321 e. The van der Waals surface area contributed by atoms with Gasteiger partial charge in [-0.15, -0.1) is 17.8 Å². The number of carbonyl (C=O) groups excluding carboxylic acids is 2. The van der Waals surface area contributed by atoms with Crippen molar-refractivity contribution in [3.8, 4) is 12.3 Å². The summed E-state index contributed by atoms with van der Waals surface area (Å²) in [6.07, 6.45) is 5.36. The summed E-state index contributed by atoms with van der Waals surface area (Å²) in [6, 6.07) is 19.1. The lowest BCUT2D eigenvalue weighted by atomic mass is 10.2. The van der Waals surface area contributed by atoms with Crippen LogP contribution in [0.2, 0.25) is 0 Å². The van der Waals surface area contributed by atoms with Gasteiger partial charge in [0.25, 0.3) is 5.91 Å². The molecule has 0 saturated carbocycles. The molecule has 3 aromatic rings. The molecule has 0 aliphatic rings. The van der Waals surface area contributed by atoms with Crippen LogP contribution in [0.4, 0.5) is 21.2 Å². The van der Waals surface area contributed by atoms with E-state index >= 15 is 0 Å². The Morgan fingerprint density at radius 3 is 2.38 bits per heavy atom. The Hall–Kier alpha value is -3.56. The van der Waals surface area contributed by atoms with E-state index in [2.05, 4.69) is 21.9 Å². The third kappa shape index (κ3) is 4.50. The fourth-order valence-corrected chi connectivity index (χ4v) is 3.00. The molecule has 3 N–H and O–H groups in total. The van der Waals surface area contributed by atoms with Gasteiger partial charge in [-0.25, -0.2) is 4.79 Å². The summed E-state index contributed by atoms with van der Waals surface area (Å²) in [5.41, 5.74) is 2.00. The van der Waals surface area contributed by atoms with Crippen molar-refractivity contribution in [1.29, 1.82) is 0 Å². The molecule has 0 bridgehead atoms. The molecule has 0 radical (unpaired) electrons. The molecule has 0 spiro atoms. The fourth-order valence-electron chi connectivity index (χ4n) is 2.20. The quantitative estimate of drug-likeness (QED) is 0.593. The summed E-state index contributed by atoms with van der Waals surface area (Å²) < 4.78 is 0. The number of amides is 3. The van der Waals surface area contributed by atoms with E-state index in [9.17, 15) is 9.59 Å². The maximum absolute atomic E-state index is 12.3. The predicted octanol–water partition coefficient (Wildman–Crippen LogP) is 4.63. The van der Waals surface area contributed by atoms with Crippen molar-refractivity contribution in [3.05, 3.63) is 77.2 Å². The Morgan fingerprint density at radius 1 is 0.846 bits per heavy atom. The Balaban J connectivity index is 1.61. The van der Waals surface area contributed by atoms with Gasteiger partial charge in [-0.2, -0.15) is 0 Å². The third-order valence-corrected chi connectivity index (χ3v) is 4.38. The highest BCUT2D eigenvalue weighted by Crippen LogP contribution is 2.23. The Bertz CT molecular complexity index is 974. The smallest absolute Gasteiger partial charge is 0.321 e. The summed E-state index contributed by atoms with van der Waals surface area (Å²) in [4.78, 5) is 24.8. The van der Waals surface area contributed by atoms with E-state index in [1.807, 2.05) is 18.2 Å². The average molecular weight is 361 g/mol. The fraction of sp³-hybridized carbons (Fsp3) is 0. The lowest BCUT2D eigenvalue weighted by molar-refractivity contribution is 0.103. The summed E-state index contributed by atoms with van der Waals surface area (Å²) in [5.74, 6) is 2.26. The van der Waals surface area contributed by atoms with Gasteiger partial charge < -0.3 is 10.6 Å². The minimum atomic E-state index is -0.369. The molecule has 3 rings (SSSR count). The standard InChI is InChI=1S/C20H15N3O2S/c1-2-14-7-6-10-16(13-14)21-19(24)17-11-12-18(26-17)23-20(25)22-15-8-4-3-5-9-15/h1,3-13H,(H,21,24)(H2,22,23,25). The third-order valence-electron chi connectivity index (χ3n) is 3.39. The van der Waals surface area contributed by atoms with Gasteiger partial charge in [0.1, 0.15) is 0 Å². The molecule has 2 aromatic carbocycles. The summed E-state index contributed by atoms with van der Waals surface area (Å²) in [5, 5.41) is 8.79. The van der Waals surface area contributed by atoms with E-state index < -0.39 is 0 Å². The van der Waals surface area contributed by atoms with E-state index in [4.69, 9.17) is 6.42 Å². The van der Waals surface area contributed by atoms with Gasteiger partial charge in [-0.3, -0.25) is 10.1 Å². The first-order chi connectivity index (χ1) is 12.6. The molecule has 128 valence electrons. The van der Waals surface area contributed by atoms with Crippen LogP contribution in [0, 0.1) is 12.3 Å². The highest BCUT2D eigenvalue weighted by molar-refractivity contribution is 7.18. The topological polar surface area (TPSA) is 70.2 Å². The normalized spacial score (nSPS) is 9.81. The number of urea groups is 1. The van der Waals surface area contributed by atoms with Crippen LogP contribution < -0.4 is 16.0 Å². The molecule has 6 heteroatoms. The van der Waals surface area contributed by atoms with Gasteiger partial charge in [0, 0.05) is 16.9 Å². The zero-order valence-electron chi connectivity index (χ0n) is 13.7. The van der Waals surface area contributed by atoms with Gasteiger partial charge in [-0.1, -0.05) is 30.2 Å². The first kappa shape index (κ1) is 17.3. The number of nitrogens with one attached hydrogen (secondary N) is 3. The van der Waals surface area contributed by atoms with Crippen LogP contribution in [-0.4, -0.2) is 11.9 Å². The van der Waals surface area contributed by atoms with Crippen LogP contribution in [-0.2, 0) is 0 Å². The number of hydrogen-bond acceptors (Lipinski definition) is 3. The zero-order valence-corrected chi connectivity index (χ0v) is 14.5. The van der Waals surface area contributed by atoms with Crippen LogP contribution in [0.1, 0.15) is 15.2 Å². The van der Waals surface area contributed by atoms with Crippen LogP contribution in [0.3, 0.4) is 0 Å². The average Bonchev–Trinajstić information content (AvgIpc) is 3.11. The molecule has 1 aromatic heterocycles. The molecule has 26 heavy (non-hydrogen) atoms. The minimum absolute atomic E-state index is 0.263. The van der Waals surface area contributed by atoms with Crippen molar-refractivity contribution < 1.29 is 9.59 Å². The van der Waals surface area contributed by atoms with E-state index in [-0.39, 0.29) is 11.9 Å². The maximum atomic E-state index is 12.3. The Labute approximate surface area is 155 Å². The molecule has 0 atom stereocenters. The lowest BCUT2D eigenvalue weighted by Crippen LogP contribution is -2.18. The highest BCUT2D eigenvalue weighted by atomic mass is 32.1. The number of thiophene rings is 1. The molecule has 0 fully saturated rings. The number of carbonyl (C=O) groups is 2. The van der Waals surface area contributed by atoms with Crippen molar-refractivity contribution in [2.75, 3.05) is 16.0 Å². The molecule has 0 saturated heterocycles. The summed E-state index contributed by atoms with van der Waals surface area (Å²) >= 11 is 1.18. The first-order valence-electron chi connectivity index (χ1n) is 7.75. The molecular formula is C20H15N3O2S. The van der Waals surface area contributed by atoms with Crippen LogP contribution in [0.15, 0.2) is 66.7 Å². The first-order valence-corrected chi connectivity index (χ1v) is 8.56. The number of anilines is 3. The van der Waals surface area contributed by atoms with Crippen molar-refractivity contribution in [2.45, 2.75) is 0 Å². The molecule has 3 amide bonds. The van der Waals surface area contributed by atoms with Crippen molar-refractivity contribution in [2.24, 2.45) is 0 Å². The predicted molar refractivity (Wildman–Crippen MR) is 106 cm³/mol. The molecular weight excluding hydrogens is 346 g/mol. The number of rotatable bonds is 4. The van der Waals surface area contributed by atoms with Gasteiger partial charge in [0.15, 0.2) is 0 Å².